The van der Waals surface area contributed by atoms with Gasteiger partial charge in [-0.2, -0.15) is 0 Å². The van der Waals surface area contributed by atoms with Crippen LogP contribution in [0, 0.1) is 0 Å². The molecule has 0 N–H and O–H groups in total. The molecule has 0 aliphatic carbocycles. The van der Waals surface area contributed by atoms with Gasteiger partial charge >= 0.3 is 0 Å². The van der Waals surface area contributed by atoms with Gasteiger partial charge in [0, 0.05) is 43.8 Å². The molecule has 4 heteroatoms. The molecule has 2 aromatic heterocycles. The average Bonchev–Trinajstić information content (AvgIpc) is 2.49. The third-order valence-corrected chi connectivity index (χ3v) is 3.51. The van der Waals surface area contributed by atoms with E-state index in [-0.39, 0.29) is 0 Å². The number of hydrogen-bond acceptors (Lipinski definition) is 4. The van der Waals surface area contributed by atoms with E-state index in [1.165, 1.54) is 5.69 Å². The Bertz CT molecular complexity index is 430. The van der Waals surface area contributed by atoms with Gasteiger partial charge in [-0.05, 0) is 25.0 Å². The lowest BCUT2D eigenvalue weighted by molar-refractivity contribution is 0.494. The number of pyridine rings is 1. The summed E-state index contributed by atoms with van der Waals surface area (Å²) in [6.07, 6.45) is 11.4. The van der Waals surface area contributed by atoms with Gasteiger partial charge in [0.2, 0.25) is 0 Å². The van der Waals surface area contributed by atoms with Crippen molar-refractivity contribution in [2.75, 3.05) is 18.0 Å². The fraction of sp³-hybridized carbons (Fsp3) is 0.357. The van der Waals surface area contributed by atoms with Crippen LogP contribution in [0.5, 0.6) is 0 Å². The Hall–Kier alpha value is -1.97. The van der Waals surface area contributed by atoms with Crippen LogP contribution in [0.2, 0.25) is 0 Å². The average molecular weight is 240 g/mol. The van der Waals surface area contributed by atoms with Crippen molar-refractivity contribution in [2.45, 2.75) is 18.8 Å². The van der Waals surface area contributed by atoms with Gasteiger partial charge in [0.05, 0.1) is 17.6 Å². The minimum atomic E-state index is 0.548. The third kappa shape index (κ3) is 2.32. The molecule has 0 radical (unpaired) electrons. The smallest absolute Gasteiger partial charge is 0.0618 e. The molecule has 4 nitrogen and oxygen atoms in total. The summed E-state index contributed by atoms with van der Waals surface area (Å²) in [6, 6.07) is 4.11. The van der Waals surface area contributed by atoms with Crippen molar-refractivity contribution >= 4 is 5.69 Å². The molecule has 1 fully saturated rings. The molecule has 3 rings (SSSR count). The zero-order valence-corrected chi connectivity index (χ0v) is 10.2. The van der Waals surface area contributed by atoms with E-state index in [1.54, 1.807) is 12.4 Å². The Morgan fingerprint density at radius 2 is 1.83 bits per heavy atom. The zero-order valence-electron chi connectivity index (χ0n) is 10.2. The standard InChI is InChI=1S/C14H16N4/c1-2-13(10-15-5-1)18-8-3-12(4-9-18)14-11-16-6-7-17-14/h1-2,5-7,10-12H,3-4,8-9H2. The van der Waals surface area contributed by atoms with Crippen LogP contribution in [0.1, 0.15) is 24.5 Å². The highest BCUT2D eigenvalue weighted by Gasteiger charge is 2.21. The molecule has 0 amide bonds. The van der Waals surface area contributed by atoms with E-state index in [1.807, 2.05) is 24.7 Å². The maximum absolute atomic E-state index is 4.41. The number of hydrogen-bond donors (Lipinski definition) is 0. The van der Waals surface area contributed by atoms with Gasteiger partial charge in [-0.3, -0.25) is 15.0 Å². The molecular formula is C14H16N4. The van der Waals surface area contributed by atoms with E-state index in [2.05, 4.69) is 25.9 Å². The molecule has 0 unspecified atom stereocenters. The lowest BCUT2D eigenvalue weighted by Gasteiger charge is -2.32. The van der Waals surface area contributed by atoms with E-state index in [9.17, 15) is 0 Å². The van der Waals surface area contributed by atoms with Crippen LogP contribution in [-0.4, -0.2) is 28.0 Å². The van der Waals surface area contributed by atoms with Crippen molar-refractivity contribution in [1.29, 1.82) is 0 Å². The number of nitrogens with zero attached hydrogens (tertiary/aromatic N) is 4. The summed E-state index contributed by atoms with van der Waals surface area (Å²) < 4.78 is 0. The van der Waals surface area contributed by atoms with Gasteiger partial charge in [0.15, 0.2) is 0 Å². The first kappa shape index (κ1) is 11.1. The number of anilines is 1. The molecule has 2 aromatic rings. The first-order valence-corrected chi connectivity index (χ1v) is 6.34. The number of aromatic nitrogens is 3. The Morgan fingerprint density at radius 3 is 2.50 bits per heavy atom. The Kier molecular flexibility index (Phi) is 3.17. The summed E-state index contributed by atoms with van der Waals surface area (Å²) in [5.74, 6) is 0.548. The number of rotatable bonds is 2. The van der Waals surface area contributed by atoms with Crippen molar-refractivity contribution in [3.63, 3.8) is 0 Å². The van der Waals surface area contributed by atoms with E-state index < -0.39 is 0 Å². The van der Waals surface area contributed by atoms with Crippen LogP contribution < -0.4 is 4.90 Å². The van der Waals surface area contributed by atoms with Crippen LogP contribution in [0.3, 0.4) is 0 Å². The highest BCUT2D eigenvalue weighted by molar-refractivity contribution is 5.44. The lowest BCUT2D eigenvalue weighted by Crippen LogP contribution is -2.33. The molecule has 1 aliphatic heterocycles. The second-order valence-corrected chi connectivity index (χ2v) is 4.60. The van der Waals surface area contributed by atoms with Gasteiger partial charge in [0.1, 0.15) is 0 Å². The molecule has 0 bridgehead atoms. The summed E-state index contributed by atoms with van der Waals surface area (Å²) >= 11 is 0. The minimum Gasteiger partial charge on any atom is -0.370 e. The van der Waals surface area contributed by atoms with Crippen molar-refractivity contribution in [3.05, 3.63) is 48.8 Å². The fourth-order valence-corrected chi connectivity index (χ4v) is 2.50. The van der Waals surface area contributed by atoms with Crippen LogP contribution in [-0.2, 0) is 0 Å². The predicted octanol–water partition coefficient (Wildman–Crippen LogP) is 2.26. The summed E-state index contributed by atoms with van der Waals surface area (Å²) in [7, 11) is 0. The summed E-state index contributed by atoms with van der Waals surface area (Å²) in [5.41, 5.74) is 2.35. The van der Waals surface area contributed by atoms with E-state index in [0.29, 0.717) is 5.92 Å². The van der Waals surface area contributed by atoms with Crippen molar-refractivity contribution in [1.82, 2.24) is 15.0 Å². The predicted molar refractivity (Wildman–Crippen MR) is 70.5 cm³/mol. The van der Waals surface area contributed by atoms with Crippen molar-refractivity contribution in [3.8, 4) is 0 Å². The summed E-state index contributed by atoms with van der Waals surface area (Å²) in [4.78, 5) is 15.1. The van der Waals surface area contributed by atoms with Crippen LogP contribution in [0.4, 0.5) is 5.69 Å². The SMILES string of the molecule is c1cncc(N2CCC(c3cnccn3)CC2)c1. The van der Waals surface area contributed by atoms with E-state index >= 15 is 0 Å². The maximum Gasteiger partial charge on any atom is 0.0618 e. The molecule has 3 heterocycles. The van der Waals surface area contributed by atoms with E-state index in [4.69, 9.17) is 0 Å². The Balaban J connectivity index is 1.65. The van der Waals surface area contributed by atoms with Gasteiger partial charge in [-0.15, -0.1) is 0 Å². The second-order valence-electron chi connectivity index (χ2n) is 4.60. The first-order chi connectivity index (χ1) is 8.93. The highest BCUT2D eigenvalue weighted by Crippen LogP contribution is 2.28. The largest absolute Gasteiger partial charge is 0.370 e. The molecule has 92 valence electrons. The molecule has 0 atom stereocenters. The van der Waals surface area contributed by atoms with Gasteiger partial charge in [0.25, 0.3) is 0 Å². The second kappa shape index (κ2) is 5.12. The Labute approximate surface area is 107 Å². The molecule has 1 saturated heterocycles. The summed E-state index contributed by atoms with van der Waals surface area (Å²) in [5, 5.41) is 0. The van der Waals surface area contributed by atoms with Gasteiger partial charge in [-0.1, -0.05) is 0 Å². The van der Waals surface area contributed by atoms with Crippen LogP contribution >= 0.6 is 0 Å². The topological polar surface area (TPSA) is 41.9 Å². The van der Waals surface area contributed by atoms with Crippen molar-refractivity contribution < 1.29 is 0 Å². The molecule has 1 aliphatic rings. The van der Waals surface area contributed by atoms with Gasteiger partial charge in [-0.25, -0.2) is 0 Å². The molecule has 18 heavy (non-hydrogen) atoms. The monoisotopic (exact) mass is 240 g/mol. The van der Waals surface area contributed by atoms with Crippen LogP contribution in [0.25, 0.3) is 0 Å². The quantitative estimate of drug-likeness (QED) is 0.807. The van der Waals surface area contributed by atoms with Crippen LogP contribution in [0.15, 0.2) is 43.1 Å². The van der Waals surface area contributed by atoms with Crippen molar-refractivity contribution in [2.24, 2.45) is 0 Å². The van der Waals surface area contributed by atoms with E-state index in [0.717, 1.165) is 31.6 Å². The number of piperidine rings is 1. The fourth-order valence-electron chi connectivity index (χ4n) is 2.50. The zero-order chi connectivity index (χ0) is 12.2. The Morgan fingerprint density at radius 1 is 1.00 bits per heavy atom. The lowest BCUT2D eigenvalue weighted by atomic mass is 9.93. The first-order valence-electron chi connectivity index (χ1n) is 6.34. The molecule has 0 spiro atoms. The third-order valence-electron chi connectivity index (χ3n) is 3.51. The molecule has 0 saturated carbocycles. The maximum atomic E-state index is 4.41. The summed E-state index contributed by atoms with van der Waals surface area (Å²) in [6.45, 7) is 2.12. The van der Waals surface area contributed by atoms with Gasteiger partial charge < -0.3 is 4.90 Å². The minimum absolute atomic E-state index is 0.548. The normalized spacial score (nSPS) is 16.8. The molecule has 0 aromatic carbocycles. The highest BCUT2D eigenvalue weighted by atomic mass is 15.1. The molecular weight excluding hydrogens is 224 g/mol.